The number of carbonyl (C=O) groups is 2. The van der Waals surface area contributed by atoms with E-state index in [0.29, 0.717) is 28.9 Å². The average molecular weight is 339 g/mol. The molecule has 128 valence electrons. The van der Waals surface area contributed by atoms with Gasteiger partial charge in [0.25, 0.3) is 5.91 Å². The Morgan fingerprint density at radius 2 is 2.04 bits per heavy atom. The van der Waals surface area contributed by atoms with E-state index in [1.54, 1.807) is 12.0 Å². The highest BCUT2D eigenvalue weighted by Gasteiger charge is 2.23. The van der Waals surface area contributed by atoms with Crippen LogP contribution in [0.3, 0.4) is 0 Å². The third kappa shape index (κ3) is 4.75. The van der Waals surface area contributed by atoms with Crippen LogP contribution in [-0.4, -0.2) is 43.1 Å². The van der Waals surface area contributed by atoms with Gasteiger partial charge in [-0.3, -0.25) is 14.5 Å². The predicted molar refractivity (Wildman–Crippen MR) is 91.1 cm³/mol. The number of thiazole rings is 1. The van der Waals surface area contributed by atoms with E-state index < -0.39 is 0 Å². The Kier molecular flexibility index (Phi) is 6.53. The molecule has 1 aliphatic carbocycles. The molecule has 0 aromatic carbocycles. The van der Waals surface area contributed by atoms with Crippen molar-refractivity contribution in [3.8, 4) is 0 Å². The van der Waals surface area contributed by atoms with Gasteiger partial charge in [0.05, 0.1) is 18.8 Å². The van der Waals surface area contributed by atoms with E-state index in [1.165, 1.54) is 37.5 Å². The largest absolute Gasteiger partial charge is 0.383 e. The van der Waals surface area contributed by atoms with Crippen molar-refractivity contribution in [1.29, 1.82) is 0 Å². The Balaban J connectivity index is 2.09. The molecule has 0 spiro atoms. The number of methoxy groups -OCH3 is 1. The second-order valence-corrected chi connectivity index (χ2v) is 6.86. The Hall–Kier alpha value is -1.47. The zero-order chi connectivity index (χ0) is 16.8. The molecule has 2 rings (SSSR count). The van der Waals surface area contributed by atoms with Crippen molar-refractivity contribution in [2.45, 2.75) is 52.0 Å². The van der Waals surface area contributed by atoms with Crippen molar-refractivity contribution in [1.82, 2.24) is 10.3 Å². The van der Waals surface area contributed by atoms with Crippen LogP contribution in [0.4, 0.5) is 5.13 Å². The fraction of sp³-hybridized carbons (Fsp3) is 0.688. The SMILES string of the molecule is COCCN(C(C)=O)c1nc(C)c(C(=O)NC2CCCCC2)s1. The first-order chi connectivity index (χ1) is 11.0. The van der Waals surface area contributed by atoms with Gasteiger partial charge in [-0.05, 0) is 19.8 Å². The summed E-state index contributed by atoms with van der Waals surface area (Å²) in [6, 6.07) is 0.263. The van der Waals surface area contributed by atoms with E-state index in [2.05, 4.69) is 10.3 Å². The highest BCUT2D eigenvalue weighted by molar-refractivity contribution is 7.17. The molecule has 0 atom stereocenters. The minimum absolute atomic E-state index is 0.0756. The number of nitrogens with zero attached hydrogens (tertiary/aromatic N) is 2. The summed E-state index contributed by atoms with van der Waals surface area (Å²) in [5, 5.41) is 3.66. The molecule has 1 saturated carbocycles. The fourth-order valence-electron chi connectivity index (χ4n) is 2.78. The topological polar surface area (TPSA) is 71.5 Å². The number of nitrogens with one attached hydrogen (secondary N) is 1. The number of ether oxygens (including phenoxy) is 1. The fourth-order valence-corrected chi connectivity index (χ4v) is 3.82. The molecule has 1 fully saturated rings. The van der Waals surface area contributed by atoms with Crippen LogP contribution < -0.4 is 10.2 Å². The van der Waals surface area contributed by atoms with Gasteiger partial charge in [0.15, 0.2) is 5.13 Å². The Bertz CT molecular complexity index is 553. The summed E-state index contributed by atoms with van der Waals surface area (Å²) < 4.78 is 5.03. The minimum Gasteiger partial charge on any atom is -0.383 e. The maximum Gasteiger partial charge on any atom is 0.263 e. The minimum atomic E-state index is -0.102. The van der Waals surface area contributed by atoms with E-state index in [4.69, 9.17) is 4.74 Å². The number of aromatic nitrogens is 1. The zero-order valence-corrected chi connectivity index (χ0v) is 14.9. The molecule has 0 saturated heterocycles. The van der Waals surface area contributed by atoms with Gasteiger partial charge < -0.3 is 10.1 Å². The van der Waals surface area contributed by atoms with E-state index in [-0.39, 0.29) is 17.9 Å². The second kappa shape index (κ2) is 8.40. The van der Waals surface area contributed by atoms with Crippen LogP contribution in [0.15, 0.2) is 0 Å². The Labute approximate surface area is 141 Å². The summed E-state index contributed by atoms with van der Waals surface area (Å²) in [5.41, 5.74) is 0.668. The summed E-state index contributed by atoms with van der Waals surface area (Å²) >= 11 is 1.27. The molecule has 0 radical (unpaired) electrons. The van der Waals surface area contributed by atoms with Crippen molar-refractivity contribution >= 4 is 28.3 Å². The summed E-state index contributed by atoms with van der Waals surface area (Å²) in [7, 11) is 1.59. The van der Waals surface area contributed by atoms with Crippen molar-refractivity contribution in [2.24, 2.45) is 0 Å². The molecule has 1 heterocycles. The highest BCUT2D eigenvalue weighted by Crippen LogP contribution is 2.27. The van der Waals surface area contributed by atoms with Crippen molar-refractivity contribution in [3.63, 3.8) is 0 Å². The maximum absolute atomic E-state index is 12.5. The van der Waals surface area contributed by atoms with Gasteiger partial charge >= 0.3 is 0 Å². The number of rotatable bonds is 6. The lowest BCUT2D eigenvalue weighted by Gasteiger charge is -2.22. The molecule has 2 amide bonds. The molecule has 1 aliphatic rings. The van der Waals surface area contributed by atoms with E-state index in [0.717, 1.165) is 12.8 Å². The van der Waals surface area contributed by atoms with Gasteiger partial charge in [-0.25, -0.2) is 4.98 Å². The van der Waals surface area contributed by atoms with Crippen LogP contribution in [-0.2, 0) is 9.53 Å². The Morgan fingerprint density at radius 3 is 2.65 bits per heavy atom. The standard InChI is InChI=1S/C16H25N3O3S/c1-11-14(15(21)18-13-7-5-4-6-8-13)23-16(17-11)19(12(2)20)9-10-22-3/h13H,4-10H2,1-3H3,(H,18,21). The zero-order valence-electron chi connectivity index (χ0n) is 14.1. The van der Waals surface area contributed by atoms with Crippen LogP contribution in [0, 0.1) is 6.92 Å². The Morgan fingerprint density at radius 1 is 1.35 bits per heavy atom. The lowest BCUT2D eigenvalue weighted by atomic mass is 9.95. The number of anilines is 1. The second-order valence-electron chi connectivity index (χ2n) is 5.88. The van der Waals surface area contributed by atoms with Crippen LogP contribution in [0.25, 0.3) is 0 Å². The van der Waals surface area contributed by atoms with E-state index >= 15 is 0 Å². The highest BCUT2D eigenvalue weighted by atomic mass is 32.1. The third-order valence-electron chi connectivity index (χ3n) is 4.06. The smallest absolute Gasteiger partial charge is 0.263 e. The number of hydrogen-bond donors (Lipinski definition) is 1. The van der Waals surface area contributed by atoms with Crippen LogP contribution in [0.2, 0.25) is 0 Å². The summed E-state index contributed by atoms with van der Waals surface area (Å²) in [5.74, 6) is -0.177. The van der Waals surface area contributed by atoms with Gasteiger partial charge in [-0.15, -0.1) is 0 Å². The maximum atomic E-state index is 12.5. The average Bonchev–Trinajstić information content (AvgIpc) is 2.90. The number of amides is 2. The normalized spacial score (nSPS) is 15.4. The molecular formula is C16H25N3O3S. The van der Waals surface area contributed by atoms with Crippen molar-refractivity contribution in [2.75, 3.05) is 25.2 Å². The lowest BCUT2D eigenvalue weighted by molar-refractivity contribution is -0.116. The molecule has 1 aromatic rings. The monoisotopic (exact) mass is 339 g/mol. The molecule has 1 aromatic heterocycles. The summed E-state index contributed by atoms with van der Waals surface area (Å²) in [4.78, 5) is 30.8. The molecular weight excluding hydrogens is 314 g/mol. The molecule has 0 unspecified atom stereocenters. The molecule has 6 nitrogen and oxygen atoms in total. The third-order valence-corrected chi connectivity index (χ3v) is 5.24. The molecule has 0 aliphatic heterocycles. The van der Waals surface area contributed by atoms with Crippen LogP contribution >= 0.6 is 11.3 Å². The van der Waals surface area contributed by atoms with Crippen molar-refractivity contribution in [3.05, 3.63) is 10.6 Å². The molecule has 7 heteroatoms. The van der Waals surface area contributed by atoms with Gasteiger partial charge in [-0.2, -0.15) is 0 Å². The van der Waals surface area contributed by atoms with Gasteiger partial charge in [-0.1, -0.05) is 30.6 Å². The quantitative estimate of drug-likeness (QED) is 0.864. The summed E-state index contributed by atoms with van der Waals surface area (Å²) in [6.45, 7) is 4.17. The molecule has 23 heavy (non-hydrogen) atoms. The lowest BCUT2D eigenvalue weighted by Crippen LogP contribution is -2.36. The number of hydrogen-bond acceptors (Lipinski definition) is 5. The van der Waals surface area contributed by atoms with E-state index in [9.17, 15) is 9.59 Å². The van der Waals surface area contributed by atoms with Crippen LogP contribution in [0.1, 0.15) is 54.4 Å². The van der Waals surface area contributed by atoms with Gasteiger partial charge in [0.1, 0.15) is 4.88 Å². The first kappa shape index (κ1) is 17.9. The molecule has 1 N–H and O–H groups in total. The number of carbonyl (C=O) groups excluding carboxylic acids is 2. The van der Waals surface area contributed by atoms with Gasteiger partial charge in [0.2, 0.25) is 5.91 Å². The summed E-state index contributed by atoms with van der Waals surface area (Å²) in [6.07, 6.45) is 5.69. The number of aryl methyl sites for hydroxylation is 1. The van der Waals surface area contributed by atoms with Crippen LogP contribution in [0.5, 0.6) is 0 Å². The van der Waals surface area contributed by atoms with Gasteiger partial charge in [0, 0.05) is 20.1 Å². The predicted octanol–water partition coefficient (Wildman–Crippen LogP) is 2.51. The van der Waals surface area contributed by atoms with Crippen molar-refractivity contribution < 1.29 is 14.3 Å². The first-order valence-corrected chi connectivity index (χ1v) is 8.90. The van der Waals surface area contributed by atoms with E-state index in [1.807, 2.05) is 6.92 Å². The first-order valence-electron chi connectivity index (χ1n) is 8.08. The molecule has 0 bridgehead atoms.